The maximum absolute atomic E-state index is 12.9. The van der Waals surface area contributed by atoms with E-state index < -0.39 is 0 Å². The molecule has 0 aromatic heterocycles. The normalized spacial score (nSPS) is 19.4. The van der Waals surface area contributed by atoms with E-state index in [9.17, 15) is 9.18 Å². The van der Waals surface area contributed by atoms with Gasteiger partial charge in [-0.3, -0.25) is 9.69 Å². The fourth-order valence-corrected chi connectivity index (χ4v) is 2.30. The van der Waals surface area contributed by atoms with Crippen molar-refractivity contribution in [1.29, 1.82) is 0 Å². The minimum atomic E-state index is -0.269. The predicted molar refractivity (Wildman–Crippen MR) is 74.8 cm³/mol. The van der Waals surface area contributed by atoms with Gasteiger partial charge in [0.05, 0.1) is 25.3 Å². The van der Waals surface area contributed by atoms with Crippen LogP contribution in [0.1, 0.15) is 25.5 Å². The lowest BCUT2D eigenvalue weighted by molar-refractivity contribution is -0.128. The third-order valence-corrected chi connectivity index (χ3v) is 3.70. The van der Waals surface area contributed by atoms with E-state index in [1.54, 1.807) is 12.1 Å². The lowest BCUT2D eigenvalue weighted by Gasteiger charge is -2.32. The summed E-state index contributed by atoms with van der Waals surface area (Å²) in [7, 11) is 0. The molecule has 0 aliphatic carbocycles. The van der Waals surface area contributed by atoms with Crippen molar-refractivity contribution in [3.63, 3.8) is 0 Å². The molecule has 4 nitrogen and oxygen atoms in total. The number of amides is 1. The van der Waals surface area contributed by atoms with Gasteiger partial charge in [0.15, 0.2) is 0 Å². The Morgan fingerprint density at radius 2 is 1.85 bits per heavy atom. The molecule has 20 heavy (non-hydrogen) atoms. The van der Waals surface area contributed by atoms with Crippen LogP contribution in [-0.4, -0.2) is 43.2 Å². The summed E-state index contributed by atoms with van der Waals surface area (Å²) in [5.74, 6) is -0.280. The standard InChI is InChI=1S/C15H21FN2O2/c1-11(13-3-5-14(16)6-4-13)17-15(19)12(2)18-7-9-20-10-8-18/h3-6,11-12H,7-10H2,1-2H3,(H,17,19). The molecule has 1 amide bonds. The van der Waals surface area contributed by atoms with Crippen LogP contribution in [0.5, 0.6) is 0 Å². The Bertz CT molecular complexity index is 444. The van der Waals surface area contributed by atoms with Gasteiger partial charge in [-0.15, -0.1) is 0 Å². The molecule has 1 heterocycles. The van der Waals surface area contributed by atoms with Crippen LogP contribution in [0.3, 0.4) is 0 Å². The largest absolute Gasteiger partial charge is 0.379 e. The first-order valence-corrected chi connectivity index (χ1v) is 6.95. The first kappa shape index (κ1) is 14.9. The van der Waals surface area contributed by atoms with Crippen LogP contribution in [0.4, 0.5) is 4.39 Å². The van der Waals surface area contributed by atoms with Gasteiger partial charge in [-0.25, -0.2) is 4.39 Å². The summed E-state index contributed by atoms with van der Waals surface area (Å²) in [4.78, 5) is 14.3. The number of hydrogen-bond donors (Lipinski definition) is 1. The third kappa shape index (κ3) is 3.77. The molecule has 5 heteroatoms. The fourth-order valence-electron chi connectivity index (χ4n) is 2.30. The maximum Gasteiger partial charge on any atom is 0.237 e. The van der Waals surface area contributed by atoms with Crippen molar-refractivity contribution >= 4 is 5.91 Å². The molecule has 110 valence electrons. The number of halogens is 1. The number of benzene rings is 1. The Balaban J connectivity index is 1.91. The topological polar surface area (TPSA) is 41.6 Å². The van der Waals surface area contributed by atoms with Crippen LogP contribution in [-0.2, 0) is 9.53 Å². The first-order valence-electron chi connectivity index (χ1n) is 6.95. The van der Waals surface area contributed by atoms with Crippen molar-refractivity contribution in [3.8, 4) is 0 Å². The highest BCUT2D eigenvalue weighted by Gasteiger charge is 2.24. The van der Waals surface area contributed by atoms with E-state index in [1.807, 2.05) is 13.8 Å². The molecule has 1 fully saturated rings. The van der Waals surface area contributed by atoms with Gasteiger partial charge in [0.25, 0.3) is 0 Å². The molecule has 2 atom stereocenters. The van der Waals surface area contributed by atoms with Gasteiger partial charge in [-0.2, -0.15) is 0 Å². The van der Waals surface area contributed by atoms with E-state index in [0.29, 0.717) is 13.2 Å². The molecule has 1 aromatic carbocycles. The molecule has 0 radical (unpaired) electrons. The minimum absolute atomic E-state index is 0.0104. The summed E-state index contributed by atoms with van der Waals surface area (Å²) in [5.41, 5.74) is 0.897. The van der Waals surface area contributed by atoms with Crippen LogP contribution < -0.4 is 5.32 Å². The van der Waals surface area contributed by atoms with Gasteiger partial charge in [-0.05, 0) is 31.5 Å². The van der Waals surface area contributed by atoms with Crippen molar-refractivity contribution in [3.05, 3.63) is 35.6 Å². The number of nitrogens with one attached hydrogen (secondary N) is 1. The minimum Gasteiger partial charge on any atom is -0.379 e. The number of nitrogens with zero attached hydrogens (tertiary/aromatic N) is 1. The Morgan fingerprint density at radius 1 is 1.25 bits per heavy atom. The molecule has 0 bridgehead atoms. The zero-order valence-corrected chi connectivity index (χ0v) is 11.9. The van der Waals surface area contributed by atoms with Gasteiger partial charge >= 0.3 is 0 Å². The summed E-state index contributed by atoms with van der Waals surface area (Å²) in [5, 5.41) is 2.97. The highest BCUT2D eigenvalue weighted by Crippen LogP contribution is 2.14. The van der Waals surface area contributed by atoms with Crippen molar-refractivity contribution in [2.24, 2.45) is 0 Å². The molecule has 1 aliphatic rings. The SMILES string of the molecule is CC(NC(=O)C(C)N1CCOCC1)c1ccc(F)cc1. The molecular formula is C15H21FN2O2. The van der Waals surface area contributed by atoms with E-state index in [1.165, 1.54) is 12.1 Å². The van der Waals surface area contributed by atoms with Crippen molar-refractivity contribution in [2.75, 3.05) is 26.3 Å². The first-order chi connectivity index (χ1) is 9.58. The highest BCUT2D eigenvalue weighted by atomic mass is 19.1. The summed E-state index contributed by atoms with van der Waals surface area (Å²) in [6, 6.07) is 5.89. The predicted octanol–water partition coefficient (Wildman–Crippen LogP) is 1.72. The molecule has 0 spiro atoms. The lowest BCUT2D eigenvalue weighted by atomic mass is 10.1. The summed E-state index contributed by atoms with van der Waals surface area (Å²) in [6.45, 7) is 6.70. The number of ether oxygens (including phenoxy) is 1. The zero-order chi connectivity index (χ0) is 14.5. The molecule has 2 unspecified atom stereocenters. The average Bonchev–Trinajstić information content (AvgIpc) is 2.48. The Morgan fingerprint density at radius 3 is 2.45 bits per heavy atom. The number of carbonyl (C=O) groups excluding carboxylic acids is 1. The molecule has 1 saturated heterocycles. The molecule has 1 N–H and O–H groups in total. The third-order valence-electron chi connectivity index (χ3n) is 3.70. The zero-order valence-electron chi connectivity index (χ0n) is 11.9. The van der Waals surface area contributed by atoms with Crippen molar-refractivity contribution in [1.82, 2.24) is 10.2 Å². The monoisotopic (exact) mass is 280 g/mol. The molecular weight excluding hydrogens is 259 g/mol. The fraction of sp³-hybridized carbons (Fsp3) is 0.533. The molecule has 2 rings (SSSR count). The number of carbonyl (C=O) groups is 1. The van der Waals surface area contributed by atoms with E-state index >= 15 is 0 Å². The smallest absolute Gasteiger partial charge is 0.237 e. The average molecular weight is 280 g/mol. The second kappa shape index (κ2) is 6.81. The number of rotatable bonds is 4. The van der Waals surface area contributed by atoms with Crippen molar-refractivity contribution < 1.29 is 13.9 Å². The van der Waals surface area contributed by atoms with Crippen LogP contribution in [0.25, 0.3) is 0 Å². The molecule has 1 aromatic rings. The van der Waals surface area contributed by atoms with E-state index in [4.69, 9.17) is 4.74 Å². The summed E-state index contributed by atoms with van der Waals surface area (Å²) < 4.78 is 18.2. The molecule has 1 aliphatic heterocycles. The molecule has 0 saturated carbocycles. The van der Waals surface area contributed by atoms with Gasteiger partial charge < -0.3 is 10.1 Å². The Kier molecular flexibility index (Phi) is 5.09. The summed E-state index contributed by atoms with van der Waals surface area (Å²) in [6.07, 6.45) is 0. The lowest BCUT2D eigenvalue weighted by Crippen LogP contribution is -2.50. The quantitative estimate of drug-likeness (QED) is 0.913. The van der Waals surface area contributed by atoms with Crippen LogP contribution >= 0.6 is 0 Å². The maximum atomic E-state index is 12.9. The number of hydrogen-bond acceptors (Lipinski definition) is 3. The highest BCUT2D eigenvalue weighted by molar-refractivity contribution is 5.81. The van der Waals surface area contributed by atoms with Gasteiger partial charge in [-0.1, -0.05) is 12.1 Å². The number of morpholine rings is 1. The van der Waals surface area contributed by atoms with Crippen molar-refractivity contribution in [2.45, 2.75) is 25.9 Å². The van der Waals surface area contributed by atoms with Crippen LogP contribution in [0.2, 0.25) is 0 Å². The van der Waals surface area contributed by atoms with E-state index in [-0.39, 0.29) is 23.8 Å². The second-order valence-corrected chi connectivity index (χ2v) is 5.11. The second-order valence-electron chi connectivity index (χ2n) is 5.11. The summed E-state index contributed by atoms with van der Waals surface area (Å²) >= 11 is 0. The van der Waals surface area contributed by atoms with Crippen LogP contribution in [0, 0.1) is 5.82 Å². The van der Waals surface area contributed by atoms with E-state index in [0.717, 1.165) is 18.7 Å². The van der Waals surface area contributed by atoms with E-state index in [2.05, 4.69) is 10.2 Å². The Hall–Kier alpha value is -1.46. The van der Waals surface area contributed by atoms with Gasteiger partial charge in [0, 0.05) is 13.1 Å². The Labute approximate surface area is 118 Å². The van der Waals surface area contributed by atoms with Gasteiger partial charge in [0.2, 0.25) is 5.91 Å². The van der Waals surface area contributed by atoms with Gasteiger partial charge in [0.1, 0.15) is 5.82 Å². The van der Waals surface area contributed by atoms with Crippen LogP contribution in [0.15, 0.2) is 24.3 Å².